The van der Waals surface area contributed by atoms with E-state index in [9.17, 15) is 13.2 Å². The molecule has 1 unspecified atom stereocenters. The summed E-state index contributed by atoms with van der Waals surface area (Å²) in [5.74, 6) is 0.952. The van der Waals surface area contributed by atoms with E-state index in [1.807, 2.05) is 0 Å². The normalized spacial score (nSPS) is 28.4. The highest BCUT2D eigenvalue weighted by Crippen LogP contribution is 2.32. The van der Waals surface area contributed by atoms with Gasteiger partial charge >= 0.3 is 6.36 Å². The summed E-state index contributed by atoms with van der Waals surface area (Å²) in [5.41, 5.74) is 0. The Morgan fingerprint density at radius 1 is 1.14 bits per heavy atom. The smallest absolute Gasteiger partial charge is 0.492 e. The van der Waals surface area contributed by atoms with E-state index in [-0.39, 0.29) is 5.75 Å². The second-order valence-corrected chi connectivity index (χ2v) is 5.70. The summed E-state index contributed by atoms with van der Waals surface area (Å²) in [7, 11) is 0. The SMILES string of the molecule is FC(F)(F)Oc1cccc(OCC2CC3CCN2CC3)c1. The van der Waals surface area contributed by atoms with Crippen LogP contribution in [0.25, 0.3) is 0 Å². The number of hydrogen-bond donors (Lipinski definition) is 0. The van der Waals surface area contributed by atoms with Gasteiger partial charge in [-0.25, -0.2) is 0 Å². The highest BCUT2D eigenvalue weighted by molar-refractivity contribution is 5.33. The summed E-state index contributed by atoms with van der Waals surface area (Å²) >= 11 is 0. The molecule has 0 spiro atoms. The third-order valence-electron chi connectivity index (χ3n) is 4.25. The molecule has 3 fully saturated rings. The lowest BCUT2D eigenvalue weighted by atomic mass is 9.83. The average Bonchev–Trinajstić information content (AvgIpc) is 2.45. The summed E-state index contributed by atoms with van der Waals surface area (Å²) in [6.45, 7) is 2.73. The first kappa shape index (κ1) is 14.5. The molecule has 3 aliphatic rings. The molecule has 1 atom stereocenters. The van der Waals surface area contributed by atoms with E-state index in [0.717, 1.165) is 25.4 Å². The zero-order valence-electron chi connectivity index (χ0n) is 11.6. The number of ether oxygens (including phenoxy) is 2. The van der Waals surface area contributed by atoms with Crippen molar-refractivity contribution in [2.24, 2.45) is 5.92 Å². The standard InChI is InChI=1S/C15H18F3NO2/c16-15(17,18)21-14-3-1-2-13(9-14)20-10-12-8-11-4-6-19(12)7-5-11/h1-3,9,11-12H,4-8,10H2. The van der Waals surface area contributed by atoms with Crippen molar-refractivity contribution in [1.29, 1.82) is 0 Å². The maximum atomic E-state index is 12.2. The third kappa shape index (κ3) is 3.81. The van der Waals surface area contributed by atoms with Crippen LogP contribution in [0.15, 0.2) is 24.3 Å². The van der Waals surface area contributed by atoms with Gasteiger partial charge in [0.2, 0.25) is 0 Å². The third-order valence-corrected chi connectivity index (χ3v) is 4.25. The van der Waals surface area contributed by atoms with Gasteiger partial charge in [-0.3, -0.25) is 4.90 Å². The van der Waals surface area contributed by atoms with Crippen molar-refractivity contribution in [2.75, 3.05) is 19.7 Å². The van der Waals surface area contributed by atoms with Crippen molar-refractivity contribution in [3.63, 3.8) is 0 Å². The lowest BCUT2D eigenvalue weighted by Gasteiger charge is -2.45. The molecule has 3 nitrogen and oxygen atoms in total. The number of alkyl halides is 3. The van der Waals surface area contributed by atoms with Gasteiger partial charge in [-0.15, -0.1) is 13.2 Å². The van der Waals surface area contributed by atoms with Gasteiger partial charge in [-0.05, 0) is 50.4 Å². The fourth-order valence-electron chi connectivity index (χ4n) is 3.21. The van der Waals surface area contributed by atoms with Crippen LogP contribution in [-0.4, -0.2) is 37.0 Å². The van der Waals surface area contributed by atoms with Gasteiger partial charge in [0.1, 0.15) is 18.1 Å². The van der Waals surface area contributed by atoms with Crippen LogP contribution in [0.5, 0.6) is 11.5 Å². The van der Waals surface area contributed by atoms with Crippen molar-refractivity contribution in [1.82, 2.24) is 4.90 Å². The van der Waals surface area contributed by atoms with E-state index < -0.39 is 6.36 Å². The van der Waals surface area contributed by atoms with Gasteiger partial charge in [0.15, 0.2) is 0 Å². The molecule has 0 radical (unpaired) electrons. The minimum Gasteiger partial charge on any atom is -0.492 e. The minimum atomic E-state index is -4.67. The summed E-state index contributed by atoms with van der Waals surface area (Å²) in [5, 5.41) is 0. The highest BCUT2D eigenvalue weighted by Gasteiger charge is 2.34. The molecular weight excluding hydrogens is 283 g/mol. The predicted molar refractivity (Wildman–Crippen MR) is 71.3 cm³/mol. The Morgan fingerprint density at radius 2 is 1.86 bits per heavy atom. The van der Waals surface area contributed by atoms with Crippen molar-refractivity contribution in [3.05, 3.63) is 24.3 Å². The molecule has 0 aromatic heterocycles. The Morgan fingerprint density at radius 3 is 2.48 bits per heavy atom. The first-order valence-corrected chi connectivity index (χ1v) is 7.22. The molecule has 4 rings (SSSR count). The molecule has 6 heteroatoms. The van der Waals surface area contributed by atoms with Crippen LogP contribution in [0.2, 0.25) is 0 Å². The van der Waals surface area contributed by atoms with Crippen LogP contribution >= 0.6 is 0 Å². The number of fused-ring (bicyclic) bond motifs is 3. The van der Waals surface area contributed by atoms with E-state index in [0.29, 0.717) is 18.4 Å². The van der Waals surface area contributed by atoms with Crippen LogP contribution in [0, 0.1) is 5.92 Å². The number of rotatable bonds is 4. The first-order valence-electron chi connectivity index (χ1n) is 7.22. The molecular formula is C15H18F3NO2. The summed E-state index contributed by atoms with van der Waals surface area (Å²) in [4.78, 5) is 2.41. The Bertz CT molecular complexity index is 484. The van der Waals surface area contributed by atoms with E-state index in [2.05, 4.69) is 9.64 Å². The van der Waals surface area contributed by atoms with Crippen LogP contribution < -0.4 is 9.47 Å². The Labute approximate surface area is 121 Å². The molecule has 3 saturated heterocycles. The zero-order chi connectivity index (χ0) is 14.9. The fraction of sp³-hybridized carbons (Fsp3) is 0.600. The Hall–Kier alpha value is -1.43. The number of nitrogens with zero attached hydrogens (tertiary/aromatic N) is 1. The lowest BCUT2D eigenvalue weighted by Crippen LogP contribution is -2.51. The number of hydrogen-bond acceptors (Lipinski definition) is 3. The molecule has 0 aliphatic carbocycles. The molecule has 1 aromatic carbocycles. The molecule has 3 aliphatic heterocycles. The molecule has 2 bridgehead atoms. The van der Waals surface area contributed by atoms with E-state index >= 15 is 0 Å². The molecule has 1 aromatic rings. The van der Waals surface area contributed by atoms with Gasteiger partial charge in [0, 0.05) is 12.1 Å². The quantitative estimate of drug-likeness (QED) is 0.850. The van der Waals surface area contributed by atoms with Gasteiger partial charge in [0.05, 0.1) is 0 Å². The molecule has 116 valence electrons. The largest absolute Gasteiger partial charge is 0.573 e. The van der Waals surface area contributed by atoms with E-state index in [1.165, 1.54) is 31.0 Å². The second kappa shape index (κ2) is 5.75. The van der Waals surface area contributed by atoms with Crippen molar-refractivity contribution >= 4 is 0 Å². The Kier molecular flexibility index (Phi) is 3.97. The minimum absolute atomic E-state index is 0.245. The predicted octanol–water partition coefficient (Wildman–Crippen LogP) is 3.45. The average molecular weight is 301 g/mol. The zero-order valence-corrected chi connectivity index (χ0v) is 11.6. The van der Waals surface area contributed by atoms with Crippen LogP contribution in [0.1, 0.15) is 19.3 Å². The topological polar surface area (TPSA) is 21.7 Å². The monoisotopic (exact) mass is 301 g/mol. The summed E-state index contributed by atoms with van der Waals surface area (Å²) < 4.78 is 46.1. The molecule has 0 N–H and O–H groups in total. The summed E-state index contributed by atoms with van der Waals surface area (Å²) in [6, 6.07) is 6.09. The highest BCUT2D eigenvalue weighted by atomic mass is 19.4. The summed E-state index contributed by atoms with van der Waals surface area (Å²) in [6.07, 6.45) is -1.04. The number of halogens is 3. The fourth-order valence-corrected chi connectivity index (χ4v) is 3.21. The first-order chi connectivity index (χ1) is 9.99. The van der Waals surface area contributed by atoms with Gasteiger partial charge in [0.25, 0.3) is 0 Å². The van der Waals surface area contributed by atoms with Crippen molar-refractivity contribution in [2.45, 2.75) is 31.7 Å². The van der Waals surface area contributed by atoms with Crippen LogP contribution in [0.3, 0.4) is 0 Å². The molecule has 3 heterocycles. The van der Waals surface area contributed by atoms with Gasteiger partial charge < -0.3 is 9.47 Å². The molecule has 0 saturated carbocycles. The van der Waals surface area contributed by atoms with Crippen LogP contribution in [0.4, 0.5) is 13.2 Å². The lowest BCUT2D eigenvalue weighted by molar-refractivity contribution is -0.274. The Balaban J connectivity index is 1.57. The number of benzene rings is 1. The second-order valence-electron chi connectivity index (χ2n) is 5.70. The van der Waals surface area contributed by atoms with Crippen molar-refractivity contribution in [3.8, 4) is 11.5 Å². The van der Waals surface area contributed by atoms with Gasteiger partial charge in [-0.2, -0.15) is 0 Å². The maximum Gasteiger partial charge on any atom is 0.573 e. The molecule has 0 amide bonds. The van der Waals surface area contributed by atoms with Gasteiger partial charge in [-0.1, -0.05) is 6.07 Å². The molecule has 21 heavy (non-hydrogen) atoms. The number of piperidine rings is 3. The van der Waals surface area contributed by atoms with E-state index in [1.54, 1.807) is 6.07 Å². The van der Waals surface area contributed by atoms with Crippen LogP contribution in [-0.2, 0) is 0 Å². The van der Waals surface area contributed by atoms with E-state index in [4.69, 9.17) is 4.74 Å². The van der Waals surface area contributed by atoms with Crippen molar-refractivity contribution < 1.29 is 22.6 Å². The maximum absolute atomic E-state index is 12.2.